The number of aromatic nitrogens is 1. The summed E-state index contributed by atoms with van der Waals surface area (Å²) in [5, 5.41) is 3.23. The summed E-state index contributed by atoms with van der Waals surface area (Å²) in [6.07, 6.45) is 0.853. The Morgan fingerprint density at radius 2 is 1.91 bits per heavy atom. The van der Waals surface area contributed by atoms with Crippen LogP contribution in [0.1, 0.15) is 19.0 Å². The molecule has 2 heterocycles. The molecule has 1 aliphatic rings. The summed E-state index contributed by atoms with van der Waals surface area (Å²) in [7, 11) is -3.52. The van der Waals surface area contributed by atoms with Gasteiger partial charge < -0.3 is 14.8 Å². The number of sulfonamides is 1. The molecule has 1 saturated heterocycles. The molecule has 1 fully saturated rings. The highest BCUT2D eigenvalue weighted by atomic mass is 32.2. The molecule has 0 amide bonds. The van der Waals surface area contributed by atoms with Crippen LogP contribution in [0.5, 0.6) is 17.4 Å². The Labute approximate surface area is 197 Å². The van der Waals surface area contributed by atoms with E-state index in [1.807, 2.05) is 6.92 Å². The van der Waals surface area contributed by atoms with Crippen LogP contribution in [0, 0.1) is 18.6 Å². The fourth-order valence-corrected chi connectivity index (χ4v) is 4.22. The molecular formula is C24H25F2N3O4S. The third-order valence-electron chi connectivity index (χ3n) is 5.29. The lowest BCUT2D eigenvalue weighted by Gasteiger charge is -2.17. The van der Waals surface area contributed by atoms with Crippen molar-refractivity contribution in [1.82, 2.24) is 10.3 Å². The van der Waals surface area contributed by atoms with E-state index in [2.05, 4.69) is 15.0 Å². The molecule has 2 N–H and O–H groups in total. The van der Waals surface area contributed by atoms with E-state index in [1.165, 1.54) is 25.1 Å². The van der Waals surface area contributed by atoms with Gasteiger partial charge in [0.1, 0.15) is 17.7 Å². The summed E-state index contributed by atoms with van der Waals surface area (Å²) in [4.78, 5) is 4.45. The number of aryl methyl sites for hydroxylation is 1. The van der Waals surface area contributed by atoms with Gasteiger partial charge in [-0.3, -0.25) is 4.72 Å². The summed E-state index contributed by atoms with van der Waals surface area (Å²) < 4.78 is 66.1. The van der Waals surface area contributed by atoms with E-state index in [-0.39, 0.29) is 23.4 Å². The first kappa shape index (κ1) is 23.9. The summed E-state index contributed by atoms with van der Waals surface area (Å²) in [6.45, 7) is 4.93. The molecule has 2 aromatic carbocycles. The van der Waals surface area contributed by atoms with Gasteiger partial charge in [0.15, 0.2) is 11.6 Å². The van der Waals surface area contributed by atoms with Crippen LogP contribution in [0.2, 0.25) is 0 Å². The molecule has 7 nitrogen and oxygen atoms in total. The molecule has 0 unspecified atom stereocenters. The second kappa shape index (κ2) is 9.94. The van der Waals surface area contributed by atoms with E-state index < -0.39 is 21.7 Å². The number of ether oxygens (including phenoxy) is 2. The number of anilines is 1. The SMILES string of the molecule is CCS(=O)(=O)Nc1ccc(Oc2ccc(F)cc2F)c(-c2cc(C)nc(O[C@H]3CCNC3)c2)c1. The van der Waals surface area contributed by atoms with Crippen molar-refractivity contribution < 1.29 is 26.7 Å². The van der Waals surface area contributed by atoms with Crippen LogP contribution in [-0.4, -0.2) is 38.3 Å². The highest BCUT2D eigenvalue weighted by Gasteiger charge is 2.19. The van der Waals surface area contributed by atoms with Gasteiger partial charge in [0.2, 0.25) is 15.9 Å². The molecule has 1 aliphatic heterocycles. The minimum Gasteiger partial charge on any atom is -0.473 e. The van der Waals surface area contributed by atoms with Crippen LogP contribution in [0.25, 0.3) is 11.1 Å². The van der Waals surface area contributed by atoms with Gasteiger partial charge in [-0.1, -0.05) is 0 Å². The normalized spacial score (nSPS) is 15.8. The highest BCUT2D eigenvalue weighted by molar-refractivity contribution is 7.92. The van der Waals surface area contributed by atoms with E-state index in [4.69, 9.17) is 9.47 Å². The zero-order valence-electron chi connectivity index (χ0n) is 18.8. The monoisotopic (exact) mass is 489 g/mol. The quantitative estimate of drug-likeness (QED) is 0.480. The van der Waals surface area contributed by atoms with Gasteiger partial charge in [-0.25, -0.2) is 22.2 Å². The van der Waals surface area contributed by atoms with Gasteiger partial charge >= 0.3 is 0 Å². The van der Waals surface area contributed by atoms with E-state index in [9.17, 15) is 17.2 Å². The van der Waals surface area contributed by atoms with Gasteiger partial charge in [0, 0.05) is 35.6 Å². The van der Waals surface area contributed by atoms with Crippen LogP contribution in [0.4, 0.5) is 14.5 Å². The molecule has 180 valence electrons. The third-order valence-corrected chi connectivity index (χ3v) is 6.60. The lowest BCUT2D eigenvalue weighted by atomic mass is 10.0. The minimum atomic E-state index is -3.52. The van der Waals surface area contributed by atoms with Crippen molar-refractivity contribution in [3.63, 3.8) is 0 Å². The Morgan fingerprint density at radius 1 is 1.12 bits per heavy atom. The van der Waals surface area contributed by atoms with Crippen molar-refractivity contribution in [2.75, 3.05) is 23.6 Å². The maximum Gasteiger partial charge on any atom is 0.232 e. The van der Waals surface area contributed by atoms with Crippen molar-refractivity contribution >= 4 is 15.7 Å². The average Bonchev–Trinajstić information content (AvgIpc) is 3.29. The largest absolute Gasteiger partial charge is 0.473 e. The Morgan fingerprint density at radius 3 is 2.62 bits per heavy atom. The second-order valence-corrected chi connectivity index (χ2v) is 9.97. The third kappa shape index (κ3) is 5.81. The topological polar surface area (TPSA) is 89.6 Å². The summed E-state index contributed by atoms with van der Waals surface area (Å²) in [6, 6.07) is 11.2. The standard InChI is InChI=1S/C24H25F2N3O4S/c1-3-34(30,31)29-18-5-7-22(33-23-6-4-17(25)12-21(23)26)20(13-18)16-10-15(2)28-24(11-16)32-19-8-9-27-14-19/h4-7,10-13,19,27,29H,3,8-9,14H2,1-2H3/t19-/m0/s1. The van der Waals surface area contributed by atoms with Gasteiger partial charge in [-0.15, -0.1) is 0 Å². The van der Waals surface area contributed by atoms with Gasteiger partial charge in [-0.05, 0) is 68.8 Å². The van der Waals surface area contributed by atoms with Crippen LogP contribution in [0.3, 0.4) is 0 Å². The van der Waals surface area contributed by atoms with Gasteiger partial charge in [-0.2, -0.15) is 0 Å². The molecule has 10 heteroatoms. The van der Waals surface area contributed by atoms with Crippen LogP contribution in [0.15, 0.2) is 48.5 Å². The second-order valence-electron chi connectivity index (χ2n) is 7.96. The molecule has 1 aromatic heterocycles. The number of halogens is 2. The molecule has 0 spiro atoms. The average molecular weight is 490 g/mol. The first-order chi connectivity index (χ1) is 16.2. The van der Waals surface area contributed by atoms with Crippen molar-refractivity contribution in [3.8, 4) is 28.5 Å². The summed E-state index contributed by atoms with van der Waals surface area (Å²) in [5.41, 5.74) is 2.13. The number of hydrogen-bond acceptors (Lipinski definition) is 6. The fraction of sp³-hybridized carbons (Fsp3) is 0.292. The van der Waals surface area contributed by atoms with Gasteiger partial charge in [0.25, 0.3) is 0 Å². The molecule has 1 atom stereocenters. The summed E-state index contributed by atoms with van der Waals surface area (Å²) >= 11 is 0. The molecule has 4 rings (SSSR count). The predicted octanol–water partition coefficient (Wildman–Crippen LogP) is 4.63. The number of nitrogens with one attached hydrogen (secondary N) is 2. The smallest absolute Gasteiger partial charge is 0.232 e. The highest BCUT2D eigenvalue weighted by Crippen LogP contribution is 2.38. The van der Waals surface area contributed by atoms with E-state index >= 15 is 0 Å². The lowest BCUT2D eigenvalue weighted by molar-refractivity contribution is 0.214. The maximum absolute atomic E-state index is 14.3. The fourth-order valence-electron chi connectivity index (χ4n) is 3.59. The van der Waals surface area contributed by atoms with Crippen molar-refractivity contribution in [3.05, 3.63) is 65.9 Å². The van der Waals surface area contributed by atoms with E-state index in [1.54, 1.807) is 18.2 Å². The van der Waals surface area contributed by atoms with Crippen LogP contribution in [-0.2, 0) is 10.0 Å². The molecular weight excluding hydrogens is 464 g/mol. The van der Waals surface area contributed by atoms with E-state index in [0.29, 0.717) is 28.4 Å². The number of benzene rings is 2. The van der Waals surface area contributed by atoms with Crippen LogP contribution >= 0.6 is 0 Å². The number of rotatable bonds is 8. The first-order valence-electron chi connectivity index (χ1n) is 10.9. The van der Waals surface area contributed by atoms with Crippen molar-refractivity contribution in [2.24, 2.45) is 0 Å². The molecule has 0 bridgehead atoms. The zero-order chi connectivity index (χ0) is 24.3. The van der Waals surface area contributed by atoms with Crippen molar-refractivity contribution in [1.29, 1.82) is 0 Å². The Kier molecular flexibility index (Phi) is 6.99. The van der Waals surface area contributed by atoms with Crippen LogP contribution < -0.4 is 19.5 Å². The number of pyridine rings is 1. The first-order valence-corrected chi connectivity index (χ1v) is 12.5. The van der Waals surface area contributed by atoms with Gasteiger partial charge in [0.05, 0.1) is 5.75 Å². The Hall–Kier alpha value is -3.24. The number of hydrogen-bond donors (Lipinski definition) is 2. The van der Waals surface area contributed by atoms with E-state index in [0.717, 1.165) is 31.6 Å². The zero-order valence-corrected chi connectivity index (χ0v) is 19.6. The Balaban J connectivity index is 1.76. The Bertz CT molecular complexity index is 1300. The number of nitrogens with zero attached hydrogens (tertiary/aromatic N) is 1. The lowest BCUT2D eigenvalue weighted by Crippen LogP contribution is -2.20. The maximum atomic E-state index is 14.3. The summed E-state index contributed by atoms with van der Waals surface area (Å²) in [5.74, 6) is -1.16. The predicted molar refractivity (Wildman–Crippen MR) is 126 cm³/mol. The molecule has 0 aliphatic carbocycles. The minimum absolute atomic E-state index is 0.00567. The molecule has 34 heavy (non-hydrogen) atoms. The molecule has 0 radical (unpaired) electrons. The molecule has 3 aromatic rings. The molecule has 0 saturated carbocycles. The van der Waals surface area contributed by atoms with Crippen molar-refractivity contribution in [2.45, 2.75) is 26.4 Å².